The predicted octanol–water partition coefficient (Wildman–Crippen LogP) is 13.8. The summed E-state index contributed by atoms with van der Waals surface area (Å²) in [7, 11) is 0. The first-order chi connectivity index (χ1) is 34.3. The third kappa shape index (κ3) is 38.5. The number of ether oxygens (including phenoxy) is 2. The van der Waals surface area contributed by atoms with E-state index >= 15 is 0 Å². The number of carbonyl (C=O) groups excluding carboxylic acids is 1. The lowest BCUT2D eigenvalue weighted by atomic mass is 9.99. The fourth-order valence-electron chi connectivity index (χ4n) is 8.17. The zero-order valence-corrected chi connectivity index (χ0v) is 44.2. The lowest BCUT2D eigenvalue weighted by Gasteiger charge is -2.40. The molecule has 7 atom stereocenters. The second-order valence-electron chi connectivity index (χ2n) is 19.0. The molecule has 70 heavy (non-hydrogen) atoms. The quantitative estimate of drug-likeness (QED) is 0.0261. The summed E-state index contributed by atoms with van der Waals surface area (Å²) in [5, 5.41) is 54.5. The second kappa shape index (κ2) is 49.4. The van der Waals surface area contributed by atoms with Crippen LogP contribution in [0.5, 0.6) is 0 Å². The highest BCUT2D eigenvalue weighted by Crippen LogP contribution is 2.23. The van der Waals surface area contributed by atoms with Crippen molar-refractivity contribution in [3.8, 4) is 0 Å². The number of allylic oxidation sites excluding steroid dienone is 17. The molecule has 1 saturated heterocycles. The van der Waals surface area contributed by atoms with E-state index in [4.69, 9.17) is 9.47 Å². The van der Waals surface area contributed by atoms with Gasteiger partial charge in [-0.15, -0.1) is 0 Å². The lowest BCUT2D eigenvalue weighted by molar-refractivity contribution is -0.302. The number of hydrogen-bond donors (Lipinski definition) is 6. The van der Waals surface area contributed by atoms with Crippen LogP contribution in [0.15, 0.2) is 109 Å². The summed E-state index contributed by atoms with van der Waals surface area (Å²) in [5.41, 5.74) is 0. The number of aliphatic hydroxyl groups excluding tert-OH is 5. The average molecular weight is 978 g/mol. The van der Waals surface area contributed by atoms with Gasteiger partial charge < -0.3 is 40.3 Å². The van der Waals surface area contributed by atoms with Crippen molar-refractivity contribution < 1.29 is 39.8 Å². The van der Waals surface area contributed by atoms with Crippen molar-refractivity contribution in [3.05, 3.63) is 109 Å². The molecule has 400 valence electrons. The molecule has 0 spiro atoms. The summed E-state index contributed by atoms with van der Waals surface area (Å²) < 4.78 is 11.2. The fraction of sp³-hybridized carbons (Fsp3) is 0.689. The normalized spacial score (nSPS) is 20.2. The minimum absolute atomic E-state index is 0.205. The molecule has 0 radical (unpaired) electrons. The third-order valence-corrected chi connectivity index (χ3v) is 12.6. The summed E-state index contributed by atoms with van der Waals surface area (Å²) >= 11 is 0. The van der Waals surface area contributed by atoms with E-state index in [1.165, 1.54) is 89.9 Å². The lowest BCUT2D eigenvalue weighted by Crippen LogP contribution is -2.60. The van der Waals surface area contributed by atoms with E-state index < -0.39 is 49.5 Å². The minimum Gasteiger partial charge on any atom is -0.394 e. The van der Waals surface area contributed by atoms with Gasteiger partial charge in [0, 0.05) is 6.42 Å². The molecule has 6 N–H and O–H groups in total. The molecule has 9 nitrogen and oxygen atoms in total. The van der Waals surface area contributed by atoms with Gasteiger partial charge in [0.15, 0.2) is 6.29 Å². The van der Waals surface area contributed by atoms with Crippen molar-refractivity contribution in [2.24, 2.45) is 0 Å². The Balaban J connectivity index is 2.29. The summed E-state index contributed by atoms with van der Waals surface area (Å²) in [6.07, 6.45) is 65.6. The number of rotatable bonds is 46. The first-order valence-electron chi connectivity index (χ1n) is 28.1. The van der Waals surface area contributed by atoms with Crippen LogP contribution in [0.25, 0.3) is 0 Å². The highest BCUT2D eigenvalue weighted by Gasteiger charge is 2.44. The van der Waals surface area contributed by atoms with Crippen LogP contribution in [0.2, 0.25) is 0 Å². The van der Waals surface area contributed by atoms with Gasteiger partial charge in [0.2, 0.25) is 5.91 Å². The molecule has 0 aromatic carbocycles. The number of nitrogens with one attached hydrogen (secondary N) is 1. The summed E-state index contributed by atoms with van der Waals surface area (Å²) in [6, 6.07) is -0.827. The number of hydrogen-bond acceptors (Lipinski definition) is 8. The maximum atomic E-state index is 13.0. The van der Waals surface area contributed by atoms with E-state index in [2.05, 4.69) is 116 Å². The molecule has 9 heteroatoms. The third-order valence-electron chi connectivity index (χ3n) is 12.6. The van der Waals surface area contributed by atoms with Gasteiger partial charge in [0.25, 0.3) is 0 Å². The maximum absolute atomic E-state index is 13.0. The molecule has 7 unspecified atom stereocenters. The zero-order valence-electron chi connectivity index (χ0n) is 44.2. The van der Waals surface area contributed by atoms with Crippen molar-refractivity contribution in [1.82, 2.24) is 5.32 Å². The topological polar surface area (TPSA) is 149 Å². The van der Waals surface area contributed by atoms with Gasteiger partial charge in [-0.3, -0.25) is 4.79 Å². The van der Waals surface area contributed by atoms with Gasteiger partial charge in [0.1, 0.15) is 24.4 Å². The van der Waals surface area contributed by atoms with Crippen LogP contribution in [0, 0.1) is 0 Å². The highest BCUT2D eigenvalue weighted by atomic mass is 16.7. The molecule has 0 aliphatic carbocycles. The molecule has 1 amide bonds. The van der Waals surface area contributed by atoms with Gasteiger partial charge in [0.05, 0.1) is 25.4 Å². The first kappa shape index (κ1) is 64.9. The standard InChI is InChI=1S/C61H103NO8/c1-3-5-7-9-11-13-15-17-19-21-23-24-25-26-27-28-29-30-31-32-33-35-37-39-41-43-45-47-49-51-57(65)62-54(53-69-61-60(68)59(67)58(66)56(52-63)70-61)55(64)50-48-46-44-42-40-38-36-34-22-20-18-16-14-12-10-8-6-4-2/h5,7,11,13,17,19,23-24,26-27,29-30,32-33,37,39,48,50,54-56,58-61,63-64,66-68H,3-4,6,8-10,12,14-16,18,20-22,25,28,31,34-36,38,40-47,49,51-53H2,1-2H3,(H,62,65)/b7-5-,13-11-,19-17-,24-23-,27-26-,30-29-,33-32-,39-37-,50-48+. The molecular formula is C61H103NO8. The van der Waals surface area contributed by atoms with E-state index in [1.807, 2.05) is 6.08 Å². The zero-order chi connectivity index (χ0) is 50.8. The molecule has 1 aliphatic heterocycles. The number of amides is 1. The Morgan fingerprint density at radius 3 is 1.31 bits per heavy atom. The van der Waals surface area contributed by atoms with Crippen LogP contribution in [-0.4, -0.2) is 87.5 Å². The number of carbonyl (C=O) groups is 1. The van der Waals surface area contributed by atoms with Crippen molar-refractivity contribution in [3.63, 3.8) is 0 Å². The summed E-state index contributed by atoms with van der Waals surface area (Å²) in [6.45, 7) is 3.65. The molecule has 1 fully saturated rings. The Kier molecular flexibility index (Phi) is 45.8. The van der Waals surface area contributed by atoms with Gasteiger partial charge in [-0.2, -0.15) is 0 Å². The molecule has 1 heterocycles. The Labute approximate surface area is 427 Å². The SMILES string of the molecule is CC/C=C\C/C=C\C/C=C\C/C=C\C/C=C\C/C=C\C/C=C\C/C=C\CCCCCCC(=O)NC(COC1OC(CO)C(O)C(O)C1O)C(O)/C=C/CCCCCCCCCCCCCCCCCC. The van der Waals surface area contributed by atoms with E-state index in [9.17, 15) is 30.3 Å². The Morgan fingerprint density at radius 1 is 0.500 bits per heavy atom. The van der Waals surface area contributed by atoms with E-state index in [1.54, 1.807) is 6.08 Å². The van der Waals surface area contributed by atoms with E-state index in [-0.39, 0.29) is 12.5 Å². The van der Waals surface area contributed by atoms with Crippen molar-refractivity contribution in [2.75, 3.05) is 13.2 Å². The molecule has 1 aliphatic rings. The van der Waals surface area contributed by atoms with Crippen molar-refractivity contribution in [2.45, 2.75) is 256 Å². The van der Waals surface area contributed by atoms with Crippen LogP contribution < -0.4 is 5.32 Å². The minimum atomic E-state index is -1.58. The van der Waals surface area contributed by atoms with Gasteiger partial charge >= 0.3 is 0 Å². The summed E-state index contributed by atoms with van der Waals surface area (Å²) in [4.78, 5) is 13.0. The first-order valence-corrected chi connectivity index (χ1v) is 28.1. The predicted molar refractivity (Wildman–Crippen MR) is 294 cm³/mol. The van der Waals surface area contributed by atoms with Crippen LogP contribution in [0.1, 0.15) is 213 Å². The van der Waals surface area contributed by atoms with Crippen molar-refractivity contribution >= 4 is 5.91 Å². The summed E-state index contributed by atoms with van der Waals surface area (Å²) in [5.74, 6) is -0.205. The number of unbranched alkanes of at least 4 members (excludes halogenated alkanes) is 20. The van der Waals surface area contributed by atoms with Gasteiger partial charge in [-0.05, 0) is 83.5 Å². The van der Waals surface area contributed by atoms with Crippen LogP contribution in [0.3, 0.4) is 0 Å². The Morgan fingerprint density at radius 2 is 0.886 bits per heavy atom. The average Bonchev–Trinajstić information content (AvgIpc) is 3.36. The molecule has 1 rings (SSSR count). The van der Waals surface area contributed by atoms with Gasteiger partial charge in [-0.1, -0.05) is 232 Å². The second-order valence-corrected chi connectivity index (χ2v) is 19.0. The van der Waals surface area contributed by atoms with Crippen molar-refractivity contribution in [1.29, 1.82) is 0 Å². The fourth-order valence-corrected chi connectivity index (χ4v) is 8.17. The molecule has 0 aromatic rings. The Hall–Kier alpha value is -3.15. The monoisotopic (exact) mass is 978 g/mol. The molecule has 0 bridgehead atoms. The molecule has 0 saturated carbocycles. The molecular weight excluding hydrogens is 875 g/mol. The smallest absolute Gasteiger partial charge is 0.220 e. The van der Waals surface area contributed by atoms with Gasteiger partial charge in [-0.25, -0.2) is 0 Å². The van der Waals surface area contributed by atoms with E-state index in [0.29, 0.717) is 6.42 Å². The largest absolute Gasteiger partial charge is 0.394 e. The highest BCUT2D eigenvalue weighted by molar-refractivity contribution is 5.76. The van der Waals surface area contributed by atoms with Crippen LogP contribution in [-0.2, 0) is 14.3 Å². The Bertz CT molecular complexity index is 1460. The van der Waals surface area contributed by atoms with Crippen LogP contribution >= 0.6 is 0 Å². The van der Waals surface area contributed by atoms with Crippen LogP contribution in [0.4, 0.5) is 0 Å². The van der Waals surface area contributed by atoms with E-state index in [0.717, 1.165) is 103 Å². The maximum Gasteiger partial charge on any atom is 0.220 e. The molecule has 0 aromatic heterocycles. The number of aliphatic hydroxyl groups is 5.